The van der Waals surface area contributed by atoms with Gasteiger partial charge in [-0.3, -0.25) is 24.2 Å². The summed E-state index contributed by atoms with van der Waals surface area (Å²) >= 11 is 0. The van der Waals surface area contributed by atoms with Crippen LogP contribution in [-0.2, 0) is 27.5 Å². The van der Waals surface area contributed by atoms with Gasteiger partial charge in [0.2, 0.25) is 17.7 Å². The number of anilines is 1. The molecular weight excluding hydrogens is 1140 g/mol. The molecule has 3 aromatic carbocycles. The number of fused-ring (bicyclic) bond motifs is 15. The maximum Gasteiger partial charge on any atom is 0.227 e. The van der Waals surface area contributed by atoms with E-state index in [9.17, 15) is 14.4 Å². The number of amides is 3. The molecular formula is C81H135N5O6. The van der Waals surface area contributed by atoms with Gasteiger partial charge in [-0.05, 0) is 56.5 Å². The summed E-state index contributed by atoms with van der Waals surface area (Å²) in [6, 6.07) is 24.6. The molecule has 11 nitrogen and oxygen atoms in total. The number of carbonyl (C=O) groups excluding carboxylic acids is 3. The first-order chi connectivity index (χ1) is 45.4. The molecule has 0 N–H and O–H groups in total. The Bertz CT molecular complexity index is 2210. The Hall–Kier alpha value is -4.61. The number of carbonyl (C=O) groups is 3. The molecule has 0 aromatic heterocycles. The van der Waals surface area contributed by atoms with Crippen molar-refractivity contribution in [1.29, 1.82) is 0 Å². The smallest absolute Gasteiger partial charge is 0.227 e. The van der Waals surface area contributed by atoms with Crippen molar-refractivity contribution in [3.63, 3.8) is 0 Å². The lowest BCUT2D eigenvalue weighted by molar-refractivity contribution is -0.132. The number of hydrogen-bond donors (Lipinski definition) is 0. The fraction of sp³-hybridized carbons (Fsp3) is 0.741. The molecule has 0 aliphatic carbocycles. The molecule has 3 heterocycles. The van der Waals surface area contributed by atoms with E-state index in [1.165, 1.54) is 212 Å². The van der Waals surface area contributed by atoms with Crippen LogP contribution in [0.1, 0.15) is 308 Å². The molecule has 92 heavy (non-hydrogen) atoms. The van der Waals surface area contributed by atoms with Gasteiger partial charge in [-0.1, -0.05) is 300 Å². The van der Waals surface area contributed by atoms with E-state index < -0.39 is 0 Å². The van der Waals surface area contributed by atoms with E-state index in [1.807, 2.05) is 35.2 Å². The third-order valence-corrected chi connectivity index (χ3v) is 19.5. The quantitative estimate of drug-likeness (QED) is 0.0518. The van der Waals surface area contributed by atoms with E-state index >= 15 is 0 Å². The standard InChI is InChI=1S/C81H135N5O6/c1-4-7-10-13-16-19-22-25-28-31-34-37-40-56-79(87)84-63-61-82-59-49-60-86(81(89)58-42-39-36-33-30-27-24-21-18-15-12-9-6-3)75-52-45-48-55-78(75)92-70-67-83(65-68-90-76-53-46-43-50-73(76)71-84)66-69-91-77-54-47-44-51-74(77)72-85(64-62-82)80(88)57-41-38-35-32-29-26-23-20-17-14-11-8-5-2/h43-48,50-55H,4-42,49,56-72H2,1-3H3. The predicted molar refractivity (Wildman–Crippen MR) is 387 cm³/mol. The lowest BCUT2D eigenvalue weighted by Crippen LogP contribution is -2.43. The van der Waals surface area contributed by atoms with Crippen LogP contribution in [0, 0.1) is 0 Å². The molecule has 0 saturated carbocycles. The van der Waals surface area contributed by atoms with Gasteiger partial charge in [0, 0.05) is 95.8 Å². The SMILES string of the molecule is CCCCCCCCCCCCCCCC(=O)N1CCN2CCCN(C(=O)CCCCCCCCCCCCCCC)c3ccccc3OCCN(CCOc3ccccc3C1)CCOc1ccccc1CN(C(=O)CCCCCCCCCCCCCCC)CC2. The van der Waals surface area contributed by atoms with Crippen LogP contribution in [0.25, 0.3) is 0 Å². The fourth-order valence-corrected chi connectivity index (χ4v) is 13.6. The van der Waals surface area contributed by atoms with Crippen molar-refractivity contribution in [1.82, 2.24) is 19.6 Å². The van der Waals surface area contributed by atoms with Crippen LogP contribution in [0.4, 0.5) is 5.69 Å². The minimum atomic E-state index is 0.142. The van der Waals surface area contributed by atoms with Crippen LogP contribution in [0.2, 0.25) is 0 Å². The minimum Gasteiger partial charge on any atom is -0.492 e. The summed E-state index contributed by atoms with van der Waals surface area (Å²) < 4.78 is 20.1. The van der Waals surface area contributed by atoms with Crippen molar-refractivity contribution in [2.45, 2.75) is 310 Å². The van der Waals surface area contributed by atoms with Crippen molar-refractivity contribution in [2.24, 2.45) is 0 Å². The average Bonchev–Trinajstić information content (AvgIpc) is 1.11. The van der Waals surface area contributed by atoms with Crippen molar-refractivity contribution in [2.75, 3.05) is 83.6 Å². The number of ether oxygens (including phenoxy) is 3. The molecule has 2 bridgehead atoms. The maximum absolute atomic E-state index is 14.8. The van der Waals surface area contributed by atoms with Gasteiger partial charge in [-0.15, -0.1) is 0 Å². The number of hydrogen-bond acceptors (Lipinski definition) is 8. The Kier molecular flexibility index (Phi) is 44.7. The second kappa shape index (κ2) is 52.6. The number of nitrogens with zero attached hydrogens (tertiary/aromatic N) is 5. The van der Waals surface area contributed by atoms with Crippen LogP contribution >= 0.6 is 0 Å². The number of rotatable bonds is 42. The van der Waals surface area contributed by atoms with Crippen LogP contribution in [0.15, 0.2) is 72.8 Å². The maximum atomic E-state index is 14.8. The summed E-state index contributed by atoms with van der Waals surface area (Å²) in [7, 11) is 0. The molecule has 3 aliphatic rings. The van der Waals surface area contributed by atoms with Gasteiger partial charge >= 0.3 is 0 Å². The van der Waals surface area contributed by atoms with E-state index in [0.717, 1.165) is 79.0 Å². The Morgan fingerprint density at radius 3 is 0.967 bits per heavy atom. The number of benzene rings is 3. The molecule has 3 amide bonds. The van der Waals surface area contributed by atoms with Gasteiger partial charge in [-0.25, -0.2) is 0 Å². The van der Waals surface area contributed by atoms with Crippen molar-refractivity contribution < 1.29 is 28.6 Å². The van der Waals surface area contributed by atoms with Crippen LogP contribution in [0.3, 0.4) is 0 Å². The predicted octanol–water partition coefficient (Wildman–Crippen LogP) is 20.7. The van der Waals surface area contributed by atoms with Gasteiger partial charge in [0.05, 0.1) is 5.69 Å². The first-order valence-electron chi connectivity index (χ1n) is 38.8. The zero-order valence-corrected chi connectivity index (χ0v) is 59.4. The first kappa shape index (κ1) is 78.1. The van der Waals surface area contributed by atoms with Gasteiger partial charge in [0.15, 0.2) is 0 Å². The Morgan fingerprint density at radius 2 is 0.598 bits per heavy atom. The molecule has 0 spiro atoms. The highest BCUT2D eigenvalue weighted by Crippen LogP contribution is 2.31. The third kappa shape index (κ3) is 35.2. The normalized spacial score (nSPS) is 16.4. The second-order valence-corrected chi connectivity index (χ2v) is 27.4. The molecule has 0 fully saturated rings. The monoisotopic (exact) mass is 1270 g/mol. The largest absolute Gasteiger partial charge is 0.492 e. The summed E-state index contributed by atoms with van der Waals surface area (Å²) in [5, 5.41) is 0. The van der Waals surface area contributed by atoms with Crippen LogP contribution in [-0.4, -0.2) is 116 Å². The molecule has 0 atom stereocenters. The fourth-order valence-electron chi connectivity index (χ4n) is 13.6. The van der Waals surface area contributed by atoms with Crippen molar-refractivity contribution in [3.05, 3.63) is 83.9 Å². The number of para-hydroxylation sites is 4. The Morgan fingerprint density at radius 1 is 0.304 bits per heavy atom. The minimum absolute atomic E-state index is 0.142. The van der Waals surface area contributed by atoms with E-state index in [4.69, 9.17) is 14.2 Å². The zero-order chi connectivity index (χ0) is 65.0. The number of unbranched alkanes of at least 4 members (excludes halogenated alkanes) is 36. The van der Waals surface area contributed by atoms with Gasteiger partial charge < -0.3 is 28.9 Å². The highest BCUT2D eigenvalue weighted by Gasteiger charge is 2.24. The molecule has 0 radical (unpaired) electrons. The lowest BCUT2D eigenvalue weighted by atomic mass is 10.0. The van der Waals surface area contributed by atoms with E-state index in [-0.39, 0.29) is 17.7 Å². The van der Waals surface area contributed by atoms with Crippen molar-refractivity contribution in [3.8, 4) is 17.2 Å². The topological polar surface area (TPSA) is 95.1 Å². The second-order valence-electron chi connectivity index (χ2n) is 27.4. The molecule has 3 aromatic rings. The molecule has 6 rings (SSSR count). The zero-order valence-electron chi connectivity index (χ0n) is 59.4. The van der Waals surface area contributed by atoms with Gasteiger partial charge in [0.25, 0.3) is 0 Å². The third-order valence-electron chi connectivity index (χ3n) is 19.5. The highest BCUT2D eigenvalue weighted by atomic mass is 16.5. The summed E-state index contributed by atoms with van der Waals surface area (Å²) in [4.78, 5) is 55.3. The molecule has 0 saturated heterocycles. The molecule has 520 valence electrons. The first-order valence-corrected chi connectivity index (χ1v) is 38.8. The van der Waals surface area contributed by atoms with Crippen molar-refractivity contribution >= 4 is 23.4 Å². The van der Waals surface area contributed by atoms with Crippen LogP contribution in [0.5, 0.6) is 17.2 Å². The summed E-state index contributed by atoms with van der Waals surface area (Å²) in [6.45, 7) is 14.6. The van der Waals surface area contributed by atoms with Gasteiger partial charge in [0.1, 0.15) is 37.1 Å². The summed E-state index contributed by atoms with van der Waals surface area (Å²) in [5.41, 5.74) is 2.84. The lowest BCUT2D eigenvalue weighted by Gasteiger charge is -2.32. The molecule has 11 heteroatoms. The van der Waals surface area contributed by atoms with E-state index in [1.54, 1.807) is 0 Å². The average molecular weight is 1280 g/mol. The summed E-state index contributed by atoms with van der Waals surface area (Å²) in [5.74, 6) is 2.85. The highest BCUT2D eigenvalue weighted by molar-refractivity contribution is 5.94. The Labute approximate surface area is 563 Å². The van der Waals surface area contributed by atoms with Crippen LogP contribution < -0.4 is 19.1 Å². The molecule has 3 aliphatic heterocycles. The Balaban J connectivity index is 1.36. The van der Waals surface area contributed by atoms with E-state index in [2.05, 4.69) is 82.8 Å². The molecule has 0 unspecified atom stereocenters. The summed E-state index contributed by atoms with van der Waals surface area (Å²) in [6.07, 6.45) is 51.7. The van der Waals surface area contributed by atoms with E-state index in [0.29, 0.717) is 111 Å². The van der Waals surface area contributed by atoms with Gasteiger partial charge in [-0.2, -0.15) is 0 Å².